The third-order valence-electron chi connectivity index (χ3n) is 2.89. The maximum absolute atomic E-state index is 8.21. The number of aromatic nitrogens is 2. The van der Waals surface area contributed by atoms with Crippen LogP contribution in [0.4, 0.5) is 0 Å². The quantitative estimate of drug-likeness (QED) is 0.733. The maximum Gasteiger partial charge on any atom is 0.179 e. The first-order chi connectivity index (χ1) is 9.12. The van der Waals surface area contributed by atoms with Gasteiger partial charge in [0, 0.05) is 24.5 Å². The van der Waals surface area contributed by atoms with Crippen LogP contribution >= 0.6 is 12.2 Å². The minimum Gasteiger partial charge on any atom is -0.493 e. The summed E-state index contributed by atoms with van der Waals surface area (Å²) in [5.41, 5.74) is 6.58. The summed E-state index contributed by atoms with van der Waals surface area (Å²) < 4.78 is 12.6. The van der Waals surface area contributed by atoms with Crippen LogP contribution in [0, 0.1) is 10.2 Å². The molecule has 0 unspecified atom stereocenters. The van der Waals surface area contributed by atoms with Gasteiger partial charge in [-0.25, -0.2) is 0 Å². The van der Waals surface area contributed by atoms with Gasteiger partial charge in [-0.15, -0.1) is 0 Å². The minimum atomic E-state index is 0.310. The van der Waals surface area contributed by atoms with Crippen LogP contribution in [0.5, 0.6) is 11.5 Å². The molecule has 7 heteroatoms. The van der Waals surface area contributed by atoms with E-state index in [9.17, 15) is 0 Å². The van der Waals surface area contributed by atoms with Crippen molar-refractivity contribution in [1.82, 2.24) is 9.55 Å². The van der Waals surface area contributed by atoms with Gasteiger partial charge in [0.2, 0.25) is 0 Å². The number of H-pyrrole nitrogens is 1. The maximum atomic E-state index is 8.21. The zero-order valence-electron chi connectivity index (χ0n) is 10.8. The fraction of sp³-hybridized carbons (Fsp3) is 0.333. The molecule has 4 N–H and O–H groups in total. The van der Waals surface area contributed by atoms with Crippen molar-refractivity contribution in [1.29, 1.82) is 5.41 Å². The topological polar surface area (TPSA) is 89.0 Å². The molecule has 0 aliphatic carbocycles. The second-order valence-electron chi connectivity index (χ2n) is 3.97. The molecule has 0 amide bonds. The second kappa shape index (κ2) is 5.41. The van der Waals surface area contributed by atoms with Crippen LogP contribution < -0.4 is 20.7 Å². The Morgan fingerprint density at radius 3 is 2.53 bits per heavy atom. The number of rotatable bonds is 4. The lowest BCUT2D eigenvalue weighted by molar-refractivity contribution is 0.355. The first kappa shape index (κ1) is 13.6. The molecule has 19 heavy (non-hydrogen) atoms. The highest BCUT2D eigenvalue weighted by molar-refractivity contribution is 7.71. The predicted octanol–water partition coefficient (Wildman–Crippen LogP) is 1.15. The van der Waals surface area contributed by atoms with E-state index in [-0.39, 0.29) is 0 Å². The van der Waals surface area contributed by atoms with Crippen molar-refractivity contribution in [2.75, 3.05) is 20.8 Å². The van der Waals surface area contributed by atoms with Crippen molar-refractivity contribution in [3.63, 3.8) is 0 Å². The monoisotopic (exact) mass is 280 g/mol. The Morgan fingerprint density at radius 1 is 1.32 bits per heavy atom. The van der Waals surface area contributed by atoms with Crippen LogP contribution in [0.2, 0.25) is 0 Å². The van der Waals surface area contributed by atoms with Gasteiger partial charge in [0.15, 0.2) is 16.3 Å². The molecule has 0 aliphatic heterocycles. The molecule has 0 saturated heterocycles. The highest BCUT2D eigenvalue weighted by atomic mass is 32.1. The Labute approximate surface area is 115 Å². The van der Waals surface area contributed by atoms with Crippen LogP contribution in [0.25, 0.3) is 10.9 Å². The molecule has 0 aliphatic rings. The van der Waals surface area contributed by atoms with E-state index >= 15 is 0 Å². The molecule has 0 saturated carbocycles. The third kappa shape index (κ3) is 2.34. The molecule has 0 spiro atoms. The smallest absolute Gasteiger partial charge is 0.179 e. The normalized spacial score (nSPS) is 10.7. The van der Waals surface area contributed by atoms with E-state index in [1.165, 1.54) is 0 Å². The Bertz CT molecular complexity index is 720. The molecular formula is C12H16N4O2S. The molecule has 2 aromatic rings. The zero-order valence-corrected chi connectivity index (χ0v) is 11.6. The molecule has 1 aromatic carbocycles. The van der Waals surface area contributed by atoms with Crippen molar-refractivity contribution < 1.29 is 9.47 Å². The number of nitrogens with two attached hydrogens (primary N) is 1. The van der Waals surface area contributed by atoms with E-state index < -0.39 is 0 Å². The van der Waals surface area contributed by atoms with Gasteiger partial charge >= 0.3 is 0 Å². The Kier molecular flexibility index (Phi) is 3.87. The van der Waals surface area contributed by atoms with Gasteiger partial charge in [0.1, 0.15) is 5.49 Å². The van der Waals surface area contributed by atoms with E-state index in [2.05, 4.69) is 4.98 Å². The lowest BCUT2D eigenvalue weighted by atomic mass is 10.2. The molecule has 0 bridgehead atoms. The van der Waals surface area contributed by atoms with Gasteiger partial charge in [-0.05, 0) is 18.3 Å². The minimum absolute atomic E-state index is 0.310. The Hall–Kier alpha value is -1.86. The van der Waals surface area contributed by atoms with Crippen molar-refractivity contribution >= 4 is 23.1 Å². The van der Waals surface area contributed by atoms with Crippen LogP contribution in [-0.4, -0.2) is 30.3 Å². The molecule has 6 nitrogen and oxygen atoms in total. The number of benzene rings is 1. The number of ether oxygens (including phenoxy) is 2. The summed E-state index contributed by atoms with van der Waals surface area (Å²) in [6.45, 7) is 0.922. The number of fused-ring (bicyclic) bond motifs is 1. The van der Waals surface area contributed by atoms with Gasteiger partial charge in [-0.1, -0.05) is 0 Å². The first-order valence-electron chi connectivity index (χ1n) is 5.76. The standard InChI is InChI=1S/C12H16N4O2S/c1-17-9-5-7-8(6-10(9)18-2)15-12(19)16(4-3-13)11(7)14/h5-6,14H,3-4,13H2,1-2H3,(H,15,19). The largest absolute Gasteiger partial charge is 0.493 e. The fourth-order valence-electron chi connectivity index (χ4n) is 1.95. The lowest BCUT2D eigenvalue weighted by Crippen LogP contribution is -2.26. The zero-order chi connectivity index (χ0) is 14.0. The van der Waals surface area contributed by atoms with Gasteiger partial charge < -0.3 is 24.8 Å². The van der Waals surface area contributed by atoms with Crippen LogP contribution in [0.15, 0.2) is 12.1 Å². The highest BCUT2D eigenvalue weighted by Crippen LogP contribution is 2.29. The van der Waals surface area contributed by atoms with Crippen LogP contribution in [0.1, 0.15) is 0 Å². The summed E-state index contributed by atoms with van der Waals surface area (Å²) in [6.07, 6.45) is 0. The predicted molar refractivity (Wildman–Crippen MR) is 75.1 cm³/mol. The van der Waals surface area contributed by atoms with Crippen LogP contribution in [-0.2, 0) is 6.54 Å². The molecule has 0 atom stereocenters. The Morgan fingerprint density at radius 2 is 1.95 bits per heavy atom. The van der Waals surface area contributed by atoms with E-state index in [4.69, 9.17) is 32.8 Å². The van der Waals surface area contributed by atoms with Crippen molar-refractivity contribution in [2.24, 2.45) is 5.73 Å². The summed E-state index contributed by atoms with van der Waals surface area (Å²) >= 11 is 5.23. The molecular weight excluding hydrogens is 264 g/mol. The van der Waals surface area contributed by atoms with Gasteiger partial charge in [-0.3, -0.25) is 5.41 Å². The number of hydrogen-bond acceptors (Lipinski definition) is 5. The van der Waals surface area contributed by atoms with Crippen molar-refractivity contribution in [3.8, 4) is 11.5 Å². The van der Waals surface area contributed by atoms with Crippen LogP contribution in [0.3, 0.4) is 0 Å². The molecule has 1 aromatic heterocycles. The molecule has 2 rings (SSSR count). The number of aromatic amines is 1. The van der Waals surface area contributed by atoms with E-state index in [1.807, 2.05) is 0 Å². The summed E-state index contributed by atoms with van der Waals surface area (Å²) in [5, 5.41) is 8.92. The first-order valence-corrected chi connectivity index (χ1v) is 6.16. The van der Waals surface area contributed by atoms with E-state index in [0.717, 1.165) is 5.52 Å². The lowest BCUT2D eigenvalue weighted by Gasteiger charge is -2.12. The van der Waals surface area contributed by atoms with Crippen molar-refractivity contribution in [2.45, 2.75) is 6.54 Å². The van der Waals surface area contributed by atoms with E-state index in [0.29, 0.717) is 40.2 Å². The number of hydrogen-bond donors (Lipinski definition) is 3. The highest BCUT2D eigenvalue weighted by Gasteiger charge is 2.09. The van der Waals surface area contributed by atoms with E-state index in [1.54, 1.807) is 30.9 Å². The molecule has 1 heterocycles. The fourth-order valence-corrected chi connectivity index (χ4v) is 2.24. The molecule has 0 fully saturated rings. The summed E-state index contributed by atoms with van der Waals surface area (Å²) in [7, 11) is 3.13. The van der Waals surface area contributed by atoms with Gasteiger partial charge in [0.25, 0.3) is 0 Å². The SMILES string of the molecule is COc1cc2[nH]c(=S)n(CCN)c(=N)c2cc1OC. The van der Waals surface area contributed by atoms with Crippen molar-refractivity contribution in [3.05, 3.63) is 22.4 Å². The Balaban J connectivity index is 2.82. The van der Waals surface area contributed by atoms with Gasteiger partial charge in [-0.2, -0.15) is 0 Å². The molecule has 0 radical (unpaired) electrons. The number of nitrogens with one attached hydrogen (secondary N) is 2. The summed E-state index contributed by atoms with van der Waals surface area (Å²) in [6, 6.07) is 3.53. The second-order valence-corrected chi connectivity index (χ2v) is 4.36. The van der Waals surface area contributed by atoms with Gasteiger partial charge in [0.05, 0.1) is 19.7 Å². The third-order valence-corrected chi connectivity index (χ3v) is 3.21. The number of methoxy groups -OCH3 is 2. The average Bonchev–Trinajstić information content (AvgIpc) is 2.42. The molecule has 102 valence electrons. The average molecular weight is 280 g/mol. The summed E-state index contributed by atoms with van der Waals surface area (Å²) in [4.78, 5) is 3.08. The summed E-state index contributed by atoms with van der Waals surface area (Å²) in [5.74, 6) is 1.17. The number of nitrogens with zero attached hydrogens (tertiary/aromatic N) is 1.